The Morgan fingerprint density at radius 3 is 2.56 bits per heavy atom. The first kappa shape index (κ1) is 24.7. The topological polar surface area (TPSA) is 93.4 Å². The van der Waals surface area contributed by atoms with Crippen LogP contribution >= 0.6 is 11.6 Å². The van der Waals surface area contributed by atoms with Crippen LogP contribution in [0.4, 0.5) is 10.1 Å². The lowest BCUT2D eigenvalue weighted by atomic mass is 9.72. The number of aromatic nitrogens is 2. The van der Waals surface area contributed by atoms with Crippen molar-refractivity contribution in [1.82, 2.24) is 9.55 Å². The number of aryl methyl sites for hydroxylation is 1. The molecular weight excluding hydrogens is 461 g/mol. The zero-order chi connectivity index (χ0) is 24.8. The summed E-state index contributed by atoms with van der Waals surface area (Å²) in [6, 6.07) is 4.04. The van der Waals surface area contributed by atoms with Gasteiger partial charge in [-0.2, -0.15) is 0 Å². The van der Waals surface area contributed by atoms with Crippen LogP contribution in [0.5, 0.6) is 0 Å². The fourth-order valence-electron chi connectivity index (χ4n) is 5.69. The molecular formula is C25H31ClFN3O4. The lowest BCUT2D eigenvalue weighted by Gasteiger charge is -2.38. The summed E-state index contributed by atoms with van der Waals surface area (Å²) >= 11 is 5.84. The monoisotopic (exact) mass is 491 g/mol. The first-order chi connectivity index (χ1) is 16.0. The average Bonchev–Trinajstić information content (AvgIpc) is 3.42. The van der Waals surface area contributed by atoms with E-state index in [0.717, 1.165) is 18.5 Å². The molecule has 7 nitrogen and oxygen atoms in total. The molecule has 2 unspecified atom stereocenters. The maximum Gasteiger partial charge on any atom is 0.314 e. The van der Waals surface area contributed by atoms with Gasteiger partial charge in [0.2, 0.25) is 0 Å². The molecule has 0 bridgehead atoms. The van der Waals surface area contributed by atoms with E-state index in [9.17, 15) is 19.1 Å². The highest BCUT2D eigenvalue weighted by Gasteiger charge is 2.58. The van der Waals surface area contributed by atoms with E-state index in [1.807, 2.05) is 0 Å². The van der Waals surface area contributed by atoms with Crippen molar-refractivity contribution in [2.45, 2.75) is 58.0 Å². The van der Waals surface area contributed by atoms with Crippen LogP contribution in [-0.2, 0) is 16.6 Å². The normalized spacial score (nSPS) is 26.4. The summed E-state index contributed by atoms with van der Waals surface area (Å²) < 4.78 is 20.4. The summed E-state index contributed by atoms with van der Waals surface area (Å²) in [4.78, 5) is 30.1. The van der Waals surface area contributed by atoms with E-state index in [0.29, 0.717) is 24.2 Å². The maximum atomic E-state index is 13.5. The number of carbonyl (C=O) groups excluding carboxylic acids is 2. The molecule has 184 valence electrons. The number of imidazole rings is 1. The summed E-state index contributed by atoms with van der Waals surface area (Å²) in [5.74, 6) is -0.725. The zero-order valence-corrected chi connectivity index (χ0v) is 20.7. The molecule has 2 atom stereocenters. The number of fused-ring (bicyclic) bond motifs is 1. The molecule has 2 aliphatic carbocycles. The summed E-state index contributed by atoms with van der Waals surface area (Å²) in [7, 11) is 1.76. The van der Waals surface area contributed by atoms with Gasteiger partial charge in [0.1, 0.15) is 11.5 Å². The van der Waals surface area contributed by atoms with Gasteiger partial charge < -0.3 is 19.7 Å². The highest BCUT2D eigenvalue weighted by molar-refractivity contribution is 6.31. The molecule has 1 aromatic carbocycles. The van der Waals surface area contributed by atoms with Crippen LogP contribution < -0.4 is 5.32 Å². The Morgan fingerprint density at radius 1 is 1.32 bits per heavy atom. The van der Waals surface area contributed by atoms with Crippen molar-refractivity contribution in [2.24, 2.45) is 24.3 Å². The van der Waals surface area contributed by atoms with E-state index < -0.39 is 16.8 Å². The number of halogens is 2. The molecule has 2 N–H and O–H groups in total. The van der Waals surface area contributed by atoms with Crippen molar-refractivity contribution in [3.05, 3.63) is 46.8 Å². The van der Waals surface area contributed by atoms with E-state index in [4.69, 9.17) is 16.3 Å². The second kappa shape index (κ2) is 8.96. The van der Waals surface area contributed by atoms with Crippen LogP contribution in [0.2, 0.25) is 5.02 Å². The first-order valence-electron chi connectivity index (χ1n) is 11.6. The third kappa shape index (κ3) is 4.22. The van der Waals surface area contributed by atoms with E-state index >= 15 is 0 Å². The van der Waals surface area contributed by atoms with Gasteiger partial charge in [-0.1, -0.05) is 11.6 Å². The summed E-state index contributed by atoms with van der Waals surface area (Å²) in [6.45, 7) is 5.55. The highest BCUT2D eigenvalue weighted by Crippen LogP contribution is 2.58. The Balaban J connectivity index is 1.49. The Labute approximate surface area is 203 Å². The summed E-state index contributed by atoms with van der Waals surface area (Å²) in [6.07, 6.45) is 4.22. The number of aliphatic hydroxyl groups is 1. The molecule has 0 saturated heterocycles. The van der Waals surface area contributed by atoms with Crippen molar-refractivity contribution in [1.29, 1.82) is 0 Å². The molecule has 2 fully saturated rings. The van der Waals surface area contributed by atoms with Crippen molar-refractivity contribution >= 4 is 29.2 Å². The minimum atomic E-state index is -1.12. The lowest BCUT2D eigenvalue weighted by Crippen LogP contribution is -2.49. The Hall–Kier alpha value is -2.45. The smallest absolute Gasteiger partial charge is 0.314 e. The number of carbonyl (C=O) groups is 2. The van der Waals surface area contributed by atoms with Gasteiger partial charge in [0, 0.05) is 18.7 Å². The number of amides is 1. The second-order valence-electron chi connectivity index (χ2n) is 10.1. The zero-order valence-electron chi connectivity index (χ0n) is 19.9. The standard InChI is InChI=1S/C25H31ClFN3O4/c1-5-34-23(32)24(2,3)25(33)11-15-8-14(9-16(15)12-25)20-21(30(4)13-28-20)22(31)29-17-6-7-19(27)18(26)10-17/h6-7,10,13-16,33H,5,8-9,11-12H2,1-4H3,(H,29,31). The summed E-state index contributed by atoms with van der Waals surface area (Å²) in [5, 5.41) is 14.1. The second-order valence-corrected chi connectivity index (χ2v) is 10.6. The van der Waals surface area contributed by atoms with E-state index in [2.05, 4.69) is 10.3 Å². The third-order valence-corrected chi connectivity index (χ3v) is 8.02. The predicted octanol–water partition coefficient (Wildman–Crippen LogP) is 4.69. The number of benzene rings is 1. The van der Waals surface area contributed by atoms with Crippen LogP contribution in [0.3, 0.4) is 0 Å². The van der Waals surface area contributed by atoms with Gasteiger partial charge >= 0.3 is 5.97 Å². The molecule has 1 aromatic heterocycles. The highest BCUT2D eigenvalue weighted by atomic mass is 35.5. The van der Waals surface area contributed by atoms with Gasteiger partial charge in [-0.05, 0) is 76.5 Å². The Bertz CT molecular complexity index is 1100. The predicted molar refractivity (Wildman–Crippen MR) is 126 cm³/mol. The van der Waals surface area contributed by atoms with E-state index in [-0.39, 0.29) is 41.3 Å². The van der Waals surface area contributed by atoms with Crippen molar-refractivity contribution < 1.29 is 23.8 Å². The minimum Gasteiger partial charge on any atom is -0.465 e. The fraction of sp³-hybridized carbons (Fsp3) is 0.560. The third-order valence-electron chi connectivity index (χ3n) is 7.73. The van der Waals surface area contributed by atoms with Crippen molar-refractivity contribution in [3.8, 4) is 0 Å². The van der Waals surface area contributed by atoms with Gasteiger partial charge in [-0.3, -0.25) is 9.59 Å². The van der Waals surface area contributed by atoms with Crippen molar-refractivity contribution in [2.75, 3.05) is 11.9 Å². The van der Waals surface area contributed by atoms with Gasteiger partial charge in [-0.15, -0.1) is 0 Å². The molecule has 0 radical (unpaired) electrons. The number of anilines is 1. The maximum absolute atomic E-state index is 13.5. The van der Waals surface area contributed by atoms with Gasteiger partial charge in [-0.25, -0.2) is 9.37 Å². The van der Waals surface area contributed by atoms with Crippen molar-refractivity contribution in [3.63, 3.8) is 0 Å². The molecule has 0 aliphatic heterocycles. The molecule has 0 spiro atoms. The Kier molecular flexibility index (Phi) is 6.50. The fourth-order valence-corrected chi connectivity index (χ4v) is 5.87. The summed E-state index contributed by atoms with van der Waals surface area (Å²) in [5.41, 5.74) is -0.539. The molecule has 34 heavy (non-hydrogen) atoms. The quantitative estimate of drug-likeness (QED) is 0.572. The molecule has 1 amide bonds. The van der Waals surface area contributed by atoms with Crippen LogP contribution in [0, 0.1) is 23.1 Å². The van der Waals surface area contributed by atoms with E-state index in [1.165, 1.54) is 18.2 Å². The number of hydrogen-bond donors (Lipinski definition) is 2. The molecule has 2 aliphatic rings. The van der Waals surface area contributed by atoms with Crippen LogP contribution in [0.25, 0.3) is 0 Å². The largest absolute Gasteiger partial charge is 0.465 e. The Morgan fingerprint density at radius 2 is 1.97 bits per heavy atom. The first-order valence-corrected chi connectivity index (χ1v) is 12.0. The van der Waals surface area contributed by atoms with Gasteiger partial charge in [0.15, 0.2) is 0 Å². The number of nitrogens with one attached hydrogen (secondary N) is 1. The number of nitrogens with zero attached hydrogens (tertiary/aromatic N) is 2. The number of hydrogen-bond acceptors (Lipinski definition) is 5. The number of ether oxygens (including phenoxy) is 1. The van der Waals surface area contributed by atoms with Crippen LogP contribution in [0.15, 0.2) is 24.5 Å². The molecule has 4 rings (SSSR count). The molecule has 1 heterocycles. The van der Waals surface area contributed by atoms with Crippen LogP contribution in [-0.4, -0.2) is 38.7 Å². The van der Waals surface area contributed by atoms with E-state index in [1.54, 1.807) is 38.7 Å². The number of rotatable bonds is 6. The molecule has 2 aromatic rings. The van der Waals surface area contributed by atoms with Gasteiger partial charge in [0.05, 0.1) is 34.7 Å². The van der Waals surface area contributed by atoms with Crippen LogP contribution in [0.1, 0.15) is 68.6 Å². The SMILES string of the molecule is CCOC(=O)C(C)(C)C1(O)CC2CC(c3ncn(C)c3C(=O)Nc3ccc(F)c(Cl)c3)CC2C1. The molecule has 9 heteroatoms. The van der Waals surface area contributed by atoms with Gasteiger partial charge in [0.25, 0.3) is 5.91 Å². The minimum absolute atomic E-state index is 0.0649. The lowest BCUT2D eigenvalue weighted by molar-refractivity contribution is -0.171. The molecule has 2 saturated carbocycles. The average molecular weight is 492 g/mol. The number of esters is 1.